The molecule has 1 fully saturated rings. The number of pyridine rings is 1. The summed E-state index contributed by atoms with van der Waals surface area (Å²) in [5.41, 5.74) is 4.39. The van der Waals surface area contributed by atoms with Crippen LogP contribution in [0.3, 0.4) is 0 Å². The van der Waals surface area contributed by atoms with Gasteiger partial charge in [0, 0.05) is 65.6 Å². The third-order valence-corrected chi connectivity index (χ3v) is 7.26. The van der Waals surface area contributed by atoms with Gasteiger partial charge in [-0.1, -0.05) is 29.8 Å². The van der Waals surface area contributed by atoms with E-state index < -0.39 is 5.91 Å². The zero-order chi connectivity index (χ0) is 26.1. The summed E-state index contributed by atoms with van der Waals surface area (Å²) < 4.78 is 7.40. The van der Waals surface area contributed by atoms with Crippen molar-refractivity contribution in [3.8, 4) is 5.69 Å². The predicted octanol–water partition coefficient (Wildman–Crippen LogP) is 4.89. The van der Waals surface area contributed by atoms with Crippen LogP contribution in [0.5, 0.6) is 0 Å². The van der Waals surface area contributed by atoms with Crippen LogP contribution >= 0.6 is 11.6 Å². The molecule has 192 valence electrons. The Bertz CT molecular complexity index is 1680. The van der Waals surface area contributed by atoms with E-state index in [9.17, 15) is 9.59 Å². The number of hydrogen-bond donors (Lipinski definition) is 2. The standard InChI is InChI=1S/C30H27ClN4O3/c31-23-4-1-20(2-5-23)17-33-30(37)26-19-35(24-6-7-27-22(16-24)9-10-32-27)28-8-3-21(15-25(28)29(26)36)18-34-11-13-38-14-12-34/h1-10,15-16,19,32H,11-14,17-18H2,(H,33,37). The average Bonchev–Trinajstić information content (AvgIpc) is 3.42. The maximum absolute atomic E-state index is 13.7. The van der Waals surface area contributed by atoms with Crippen LogP contribution in [-0.4, -0.2) is 46.7 Å². The highest BCUT2D eigenvalue weighted by Crippen LogP contribution is 2.23. The van der Waals surface area contributed by atoms with E-state index in [0.29, 0.717) is 30.2 Å². The van der Waals surface area contributed by atoms with Crippen molar-refractivity contribution in [1.29, 1.82) is 0 Å². The highest BCUT2D eigenvalue weighted by atomic mass is 35.5. The van der Waals surface area contributed by atoms with E-state index in [0.717, 1.165) is 52.9 Å². The fraction of sp³-hybridized carbons (Fsp3) is 0.200. The van der Waals surface area contributed by atoms with Gasteiger partial charge in [-0.15, -0.1) is 0 Å². The van der Waals surface area contributed by atoms with Gasteiger partial charge in [0.1, 0.15) is 5.56 Å². The summed E-state index contributed by atoms with van der Waals surface area (Å²) in [4.78, 5) is 32.5. The first-order chi connectivity index (χ1) is 18.5. The monoisotopic (exact) mass is 526 g/mol. The van der Waals surface area contributed by atoms with E-state index in [4.69, 9.17) is 16.3 Å². The molecule has 3 aromatic carbocycles. The van der Waals surface area contributed by atoms with Crippen molar-refractivity contribution in [2.45, 2.75) is 13.1 Å². The van der Waals surface area contributed by atoms with Crippen LogP contribution in [0.15, 0.2) is 83.9 Å². The third kappa shape index (κ3) is 4.96. The summed E-state index contributed by atoms with van der Waals surface area (Å²) >= 11 is 5.98. The highest BCUT2D eigenvalue weighted by Gasteiger charge is 2.18. The molecule has 2 aromatic heterocycles. The summed E-state index contributed by atoms with van der Waals surface area (Å²) in [6, 6.07) is 21.3. The minimum absolute atomic E-state index is 0.101. The van der Waals surface area contributed by atoms with Crippen molar-refractivity contribution in [3.05, 3.63) is 111 Å². The van der Waals surface area contributed by atoms with Crippen molar-refractivity contribution in [1.82, 2.24) is 19.8 Å². The van der Waals surface area contributed by atoms with Gasteiger partial charge in [-0.25, -0.2) is 0 Å². The molecule has 0 aliphatic carbocycles. The summed E-state index contributed by atoms with van der Waals surface area (Å²) in [7, 11) is 0. The van der Waals surface area contributed by atoms with E-state index in [1.54, 1.807) is 18.3 Å². The Hall–Kier alpha value is -3.91. The first kappa shape index (κ1) is 24.4. The number of carbonyl (C=O) groups excluding carboxylic acids is 1. The van der Waals surface area contributed by atoms with Crippen molar-refractivity contribution in [3.63, 3.8) is 0 Å². The van der Waals surface area contributed by atoms with Gasteiger partial charge >= 0.3 is 0 Å². The minimum atomic E-state index is -0.415. The van der Waals surface area contributed by atoms with Crippen LogP contribution in [0.25, 0.3) is 27.5 Å². The quantitative estimate of drug-likeness (QED) is 0.330. The molecule has 1 aliphatic heterocycles. The zero-order valence-corrected chi connectivity index (χ0v) is 21.5. The number of hydrogen-bond acceptors (Lipinski definition) is 4. The molecule has 1 amide bonds. The van der Waals surface area contributed by atoms with Gasteiger partial charge in [0.05, 0.1) is 18.7 Å². The summed E-state index contributed by atoms with van der Waals surface area (Å²) in [5, 5.41) is 5.10. The number of fused-ring (bicyclic) bond motifs is 2. The Morgan fingerprint density at radius 2 is 1.76 bits per heavy atom. The van der Waals surface area contributed by atoms with E-state index in [2.05, 4.69) is 21.3 Å². The van der Waals surface area contributed by atoms with E-state index in [1.807, 2.05) is 59.3 Å². The van der Waals surface area contributed by atoms with E-state index in [-0.39, 0.29) is 11.0 Å². The van der Waals surface area contributed by atoms with Crippen LogP contribution in [0.1, 0.15) is 21.5 Å². The van der Waals surface area contributed by atoms with Gasteiger partial charge in [0.2, 0.25) is 5.43 Å². The van der Waals surface area contributed by atoms with Gasteiger partial charge in [-0.3, -0.25) is 14.5 Å². The SMILES string of the molecule is O=C(NCc1ccc(Cl)cc1)c1cn(-c2ccc3[nH]ccc3c2)c2ccc(CN3CCOCC3)cc2c1=O. The number of H-pyrrole nitrogens is 1. The molecular formula is C30H27ClN4O3. The molecule has 8 heteroatoms. The Kier molecular flexibility index (Phi) is 6.72. The fourth-order valence-corrected chi connectivity index (χ4v) is 5.07. The zero-order valence-electron chi connectivity index (χ0n) is 20.7. The Balaban J connectivity index is 1.41. The van der Waals surface area contributed by atoms with E-state index in [1.165, 1.54) is 0 Å². The molecule has 38 heavy (non-hydrogen) atoms. The van der Waals surface area contributed by atoms with E-state index >= 15 is 0 Å². The Labute approximate surface area is 224 Å². The van der Waals surface area contributed by atoms with Crippen LogP contribution in [0.2, 0.25) is 5.02 Å². The second-order valence-electron chi connectivity index (χ2n) is 9.54. The topological polar surface area (TPSA) is 79.4 Å². The lowest BCUT2D eigenvalue weighted by Crippen LogP contribution is -2.35. The fourth-order valence-electron chi connectivity index (χ4n) is 4.94. The van der Waals surface area contributed by atoms with Gasteiger partial charge in [0.15, 0.2) is 0 Å². The third-order valence-electron chi connectivity index (χ3n) is 7.00. The molecule has 2 N–H and O–H groups in total. The van der Waals surface area contributed by atoms with Gasteiger partial charge in [0.25, 0.3) is 5.91 Å². The Morgan fingerprint density at radius 1 is 0.974 bits per heavy atom. The lowest BCUT2D eigenvalue weighted by Gasteiger charge is -2.26. The lowest BCUT2D eigenvalue weighted by molar-refractivity contribution is 0.0342. The summed E-state index contributed by atoms with van der Waals surface area (Å²) in [5.74, 6) is -0.415. The number of morpholine rings is 1. The minimum Gasteiger partial charge on any atom is -0.379 e. The largest absolute Gasteiger partial charge is 0.379 e. The molecule has 7 nitrogen and oxygen atoms in total. The Morgan fingerprint density at radius 3 is 2.58 bits per heavy atom. The number of nitrogens with one attached hydrogen (secondary N) is 2. The van der Waals surface area contributed by atoms with Crippen molar-refractivity contribution < 1.29 is 9.53 Å². The van der Waals surface area contributed by atoms with Crippen LogP contribution in [0, 0.1) is 0 Å². The molecule has 5 aromatic rings. The van der Waals surface area contributed by atoms with Crippen LogP contribution in [0.4, 0.5) is 0 Å². The number of halogens is 1. The highest BCUT2D eigenvalue weighted by molar-refractivity contribution is 6.30. The number of rotatable bonds is 6. The van der Waals surface area contributed by atoms with Gasteiger partial charge in [-0.05, 0) is 59.7 Å². The number of carbonyl (C=O) groups is 1. The second kappa shape index (κ2) is 10.5. The maximum Gasteiger partial charge on any atom is 0.257 e. The van der Waals surface area contributed by atoms with Crippen LogP contribution < -0.4 is 10.7 Å². The molecule has 0 radical (unpaired) electrons. The number of ether oxygens (including phenoxy) is 1. The molecular weight excluding hydrogens is 500 g/mol. The second-order valence-corrected chi connectivity index (χ2v) is 9.98. The van der Waals surface area contributed by atoms with Crippen molar-refractivity contribution >= 4 is 39.3 Å². The molecule has 0 unspecified atom stereocenters. The van der Waals surface area contributed by atoms with Crippen molar-refractivity contribution in [2.24, 2.45) is 0 Å². The first-order valence-corrected chi connectivity index (χ1v) is 13.0. The molecule has 0 spiro atoms. The average molecular weight is 527 g/mol. The molecule has 0 saturated carbocycles. The molecule has 0 bridgehead atoms. The molecule has 6 rings (SSSR count). The molecule has 0 atom stereocenters. The number of aromatic nitrogens is 2. The predicted molar refractivity (Wildman–Crippen MR) is 150 cm³/mol. The summed E-state index contributed by atoms with van der Waals surface area (Å²) in [6.07, 6.45) is 3.54. The van der Waals surface area contributed by atoms with Crippen LogP contribution in [-0.2, 0) is 17.8 Å². The molecule has 3 heterocycles. The number of amides is 1. The molecule has 1 saturated heterocycles. The first-order valence-electron chi connectivity index (χ1n) is 12.6. The smallest absolute Gasteiger partial charge is 0.257 e. The summed E-state index contributed by atoms with van der Waals surface area (Å²) in [6.45, 7) is 4.14. The number of nitrogens with zero attached hydrogens (tertiary/aromatic N) is 2. The number of aromatic amines is 1. The normalized spacial score (nSPS) is 14.2. The van der Waals surface area contributed by atoms with Crippen molar-refractivity contribution in [2.75, 3.05) is 26.3 Å². The van der Waals surface area contributed by atoms with Gasteiger partial charge < -0.3 is 19.6 Å². The number of benzene rings is 3. The van der Waals surface area contributed by atoms with Gasteiger partial charge in [-0.2, -0.15) is 0 Å². The molecule has 1 aliphatic rings. The lowest BCUT2D eigenvalue weighted by atomic mass is 10.1. The maximum atomic E-state index is 13.7.